The first-order valence-corrected chi connectivity index (χ1v) is 10.8. The topological polar surface area (TPSA) is 76.9 Å². The number of likely N-dealkylation sites (tertiary alicyclic amines) is 1. The molecule has 4 rings (SSSR count). The van der Waals surface area contributed by atoms with E-state index in [1.165, 1.54) is 4.31 Å². The molecule has 0 saturated carbocycles. The van der Waals surface area contributed by atoms with Gasteiger partial charge in [0.05, 0.1) is 19.3 Å². The zero-order valence-electron chi connectivity index (χ0n) is 16.2. The second-order valence-corrected chi connectivity index (χ2v) is 9.45. The molecule has 152 valence electrons. The Morgan fingerprint density at radius 3 is 2.86 bits per heavy atom. The zero-order chi connectivity index (χ0) is 19.8. The Hall–Kier alpha value is -1.94. The molecule has 0 unspecified atom stereocenters. The molecule has 3 heterocycles. The molecule has 1 spiro atoms. The highest BCUT2D eigenvalue weighted by molar-refractivity contribution is 7.89. The summed E-state index contributed by atoms with van der Waals surface area (Å²) in [6.45, 7) is 3.24. The normalized spacial score (nSPS) is 24.8. The maximum atomic E-state index is 13.2. The standard InChI is InChI=1S/C19H26N4O4S/c1-21-12-16(11-20-21)13-22-8-7-19(14-22)15-23(9-10-26-2)28(24,25)18-6-4-3-5-17(18)27-19/h3-6,11-12H,7-10,13-15H2,1-2H3/t19-/m1/s1. The second kappa shape index (κ2) is 7.47. The van der Waals surface area contributed by atoms with Crippen molar-refractivity contribution < 1.29 is 17.9 Å². The number of benzene rings is 1. The van der Waals surface area contributed by atoms with Crippen molar-refractivity contribution in [3.63, 3.8) is 0 Å². The van der Waals surface area contributed by atoms with Crippen molar-refractivity contribution in [2.24, 2.45) is 7.05 Å². The summed E-state index contributed by atoms with van der Waals surface area (Å²) in [5.74, 6) is 0.436. The summed E-state index contributed by atoms with van der Waals surface area (Å²) in [7, 11) is -0.151. The molecular formula is C19H26N4O4S. The van der Waals surface area contributed by atoms with Crippen molar-refractivity contribution in [2.45, 2.75) is 23.5 Å². The molecule has 1 atom stereocenters. The van der Waals surface area contributed by atoms with Crippen molar-refractivity contribution >= 4 is 10.0 Å². The molecule has 1 aromatic heterocycles. The van der Waals surface area contributed by atoms with Gasteiger partial charge in [-0.15, -0.1) is 0 Å². The van der Waals surface area contributed by atoms with E-state index in [-0.39, 0.29) is 4.90 Å². The first-order valence-electron chi connectivity index (χ1n) is 9.39. The van der Waals surface area contributed by atoms with Crippen LogP contribution in [0.2, 0.25) is 0 Å². The number of para-hydroxylation sites is 1. The molecule has 0 aliphatic carbocycles. The minimum atomic E-state index is -3.63. The van der Waals surface area contributed by atoms with E-state index in [0.717, 1.165) is 25.1 Å². The van der Waals surface area contributed by atoms with Crippen LogP contribution in [0.1, 0.15) is 12.0 Å². The van der Waals surface area contributed by atoms with Gasteiger partial charge in [0.1, 0.15) is 16.2 Å². The number of hydrogen-bond donors (Lipinski definition) is 0. The Labute approximate surface area is 165 Å². The fourth-order valence-corrected chi connectivity index (χ4v) is 5.65. The maximum absolute atomic E-state index is 13.2. The lowest BCUT2D eigenvalue weighted by atomic mass is 10.0. The smallest absolute Gasteiger partial charge is 0.246 e. The van der Waals surface area contributed by atoms with Gasteiger partial charge in [-0.05, 0) is 12.1 Å². The number of rotatable bonds is 5. The Kier molecular flexibility index (Phi) is 5.17. The molecule has 0 bridgehead atoms. The van der Waals surface area contributed by atoms with Crippen molar-refractivity contribution in [1.82, 2.24) is 19.0 Å². The van der Waals surface area contributed by atoms with Crippen LogP contribution in [0.4, 0.5) is 0 Å². The van der Waals surface area contributed by atoms with Crippen LogP contribution in [-0.4, -0.2) is 72.9 Å². The van der Waals surface area contributed by atoms with Gasteiger partial charge in [-0.1, -0.05) is 12.1 Å². The zero-order valence-corrected chi connectivity index (χ0v) is 17.1. The third-order valence-electron chi connectivity index (χ3n) is 5.36. The molecule has 2 aliphatic heterocycles. The number of aryl methyl sites for hydroxylation is 1. The third kappa shape index (κ3) is 3.67. The number of ether oxygens (including phenoxy) is 2. The third-order valence-corrected chi connectivity index (χ3v) is 7.25. The average Bonchev–Trinajstić information content (AvgIpc) is 3.23. The monoisotopic (exact) mass is 406 g/mol. The highest BCUT2D eigenvalue weighted by atomic mass is 32.2. The number of sulfonamides is 1. The fourth-order valence-electron chi connectivity index (χ4n) is 4.04. The largest absolute Gasteiger partial charge is 0.483 e. The number of methoxy groups -OCH3 is 1. The van der Waals surface area contributed by atoms with Crippen LogP contribution in [-0.2, 0) is 28.4 Å². The first-order chi connectivity index (χ1) is 13.4. The molecule has 1 saturated heterocycles. The van der Waals surface area contributed by atoms with Gasteiger partial charge in [-0.25, -0.2) is 8.42 Å². The molecule has 0 N–H and O–H groups in total. The van der Waals surface area contributed by atoms with Gasteiger partial charge in [0.2, 0.25) is 10.0 Å². The van der Waals surface area contributed by atoms with Crippen LogP contribution in [0.5, 0.6) is 5.75 Å². The first kappa shape index (κ1) is 19.4. The van der Waals surface area contributed by atoms with E-state index in [0.29, 0.717) is 32.0 Å². The van der Waals surface area contributed by atoms with Gasteiger partial charge < -0.3 is 9.47 Å². The summed E-state index contributed by atoms with van der Waals surface area (Å²) < 4.78 is 41.3. The van der Waals surface area contributed by atoms with E-state index < -0.39 is 15.6 Å². The molecule has 9 heteroatoms. The van der Waals surface area contributed by atoms with Crippen molar-refractivity contribution in [2.75, 3.05) is 39.9 Å². The average molecular weight is 407 g/mol. The lowest BCUT2D eigenvalue weighted by molar-refractivity contribution is 0.0533. The quantitative estimate of drug-likeness (QED) is 0.740. The molecule has 0 amide bonds. The molecule has 1 fully saturated rings. The van der Waals surface area contributed by atoms with Crippen LogP contribution in [0.25, 0.3) is 0 Å². The highest BCUT2D eigenvalue weighted by Gasteiger charge is 2.47. The number of nitrogens with zero attached hydrogens (tertiary/aromatic N) is 4. The van der Waals surface area contributed by atoms with Crippen molar-refractivity contribution in [3.05, 3.63) is 42.2 Å². The molecule has 0 radical (unpaired) electrons. The van der Waals surface area contributed by atoms with Crippen molar-refractivity contribution in [1.29, 1.82) is 0 Å². The maximum Gasteiger partial charge on any atom is 0.246 e. The Balaban J connectivity index is 1.62. The van der Waals surface area contributed by atoms with Gasteiger partial charge in [0, 0.05) is 58.5 Å². The Bertz CT molecular complexity index is 945. The van der Waals surface area contributed by atoms with E-state index in [2.05, 4.69) is 10.00 Å². The molecule has 8 nitrogen and oxygen atoms in total. The van der Waals surface area contributed by atoms with Crippen LogP contribution >= 0.6 is 0 Å². The summed E-state index contributed by atoms with van der Waals surface area (Å²) in [5, 5.41) is 4.23. The van der Waals surface area contributed by atoms with Crippen LogP contribution < -0.4 is 4.74 Å². The van der Waals surface area contributed by atoms with E-state index in [1.54, 1.807) is 30.0 Å². The Morgan fingerprint density at radius 2 is 2.11 bits per heavy atom. The fraction of sp³-hybridized carbons (Fsp3) is 0.526. The van der Waals surface area contributed by atoms with E-state index >= 15 is 0 Å². The summed E-state index contributed by atoms with van der Waals surface area (Å²) >= 11 is 0. The summed E-state index contributed by atoms with van der Waals surface area (Å²) in [5.41, 5.74) is 0.563. The SMILES string of the molecule is COCCN1C[C@]2(CCN(Cc3cnn(C)c3)C2)Oc2ccccc2S1(=O)=O. The minimum absolute atomic E-state index is 0.230. The van der Waals surface area contributed by atoms with Gasteiger partial charge in [0.15, 0.2) is 0 Å². The predicted octanol–water partition coefficient (Wildman–Crippen LogP) is 1.09. The van der Waals surface area contributed by atoms with Crippen LogP contribution in [0.3, 0.4) is 0 Å². The van der Waals surface area contributed by atoms with E-state index in [9.17, 15) is 8.42 Å². The minimum Gasteiger partial charge on any atom is -0.483 e. The number of hydrogen-bond acceptors (Lipinski definition) is 6. The van der Waals surface area contributed by atoms with Crippen LogP contribution in [0.15, 0.2) is 41.6 Å². The molecule has 1 aromatic carbocycles. The van der Waals surface area contributed by atoms with Gasteiger partial charge >= 0.3 is 0 Å². The van der Waals surface area contributed by atoms with Gasteiger partial charge in [0.25, 0.3) is 0 Å². The summed E-state index contributed by atoms with van der Waals surface area (Å²) in [4.78, 5) is 2.53. The lowest BCUT2D eigenvalue weighted by Gasteiger charge is -2.32. The lowest BCUT2D eigenvalue weighted by Crippen LogP contribution is -2.49. The molecule has 2 aromatic rings. The highest BCUT2D eigenvalue weighted by Crippen LogP contribution is 2.38. The van der Waals surface area contributed by atoms with Gasteiger partial charge in [-0.3, -0.25) is 9.58 Å². The summed E-state index contributed by atoms with van der Waals surface area (Å²) in [6.07, 6.45) is 4.63. The van der Waals surface area contributed by atoms with E-state index in [4.69, 9.17) is 9.47 Å². The Morgan fingerprint density at radius 1 is 1.29 bits per heavy atom. The van der Waals surface area contributed by atoms with Crippen molar-refractivity contribution in [3.8, 4) is 5.75 Å². The van der Waals surface area contributed by atoms with Gasteiger partial charge in [-0.2, -0.15) is 9.40 Å². The second-order valence-electron chi connectivity index (χ2n) is 7.55. The predicted molar refractivity (Wildman–Crippen MR) is 104 cm³/mol. The molecule has 2 aliphatic rings. The van der Waals surface area contributed by atoms with E-state index in [1.807, 2.05) is 25.5 Å². The number of fused-ring (bicyclic) bond motifs is 1. The number of aromatic nitrogens is 2. The summed E-state index contributed by atoms with van der Waals surface area (Å²) in [6, 6.07) is 6.91. The molecule has 28 heavy (non-hydrogen) atoms. The molecular weight excluding hydrogens is 380 g/mol. The van der Waals surface area contributed by atoms with Crippen LogP contribution in [0, 0.1) is 0 Å².